The molecule has 0 aliphatic carbocycles. The number of pyridine rings is 2. The second kappa shape index (κ2) is 23.3. The lowest BCUT2D eigenvalue weighted by Crippen LogP contribution is -2.54. The van der Waals surface area contributed by atoms with E-state index in [0.29, 0.717) is 51.9 Å². The highest BCUT2D eigenvalue weighted by molar-refractivity contribution is 8.76. The fourth-order valence-corrected chi connectivity index (χ4v) is 11.2. The molecule has 2 aliphatic rings. The van der Waals surface area contributed by atoms with Crippen molar-refractivity contribution >= 4 is 45.6 Å². The molecule has 4 aromatic heterocycles. The number of hydrogen-bond donors (Lipinski definition) is 2. The van der Waals surface area contributed by atoms with E-state index in [9.17, 15) is 14.4 Å². The van der Waals surface area contributed by atoms with Gasteiger partial charge in [0.2, 0.25) is 11.8 Å². The predicted octanol–water partition coefficient (Wildman–Crippen LogP) is 8.84. The number of rotatable bonds is 18. The molecule has 4 atom stereocenters. The summed E-state index contributed by atoms with van der Waals surface area (Å²) < 4.78 is 14.9. The average Bonchev–Trinajstić information content (AvgIpc) is 4.01. The number of benzene rings is 2. The molecule has 2 aromatic carbocycles. The quantitative estimate of drug-likeness (QED) is 0.0476. The van der Waals surface area contributed by atoms with Crippen LogP contribution in [-0.2, 0) is 45.0 Å². The molecule has 4 amide bonds. The number of alkyl carbamates (subject to hydrolysis) is 2. The molecule has 2 aliphatic heterocycles. The number of allylic oxidation sites excluding steroid dienone is 1. The van der Waals surface area contributed by atoms with E-state index in [4.69, 9.17) is 19.7 Å². The Bertz CT molecular complexity index is 2770. The van der Waals surface area contributed by atoms with Crippen LogP contribution in [0.4, 0.5) is 9.59 Å². The number of carbonyl (C=O) groups is 4. The first kappa shape index (κ1) is 50.5. The van der Waals surface area contributed by atoms with E-state index in [1.165, 1.54) is 21.6 Å². The lowest BCUT2D eigenvalue weighted by molar-refractivity contribution is -0.137. The van der Waals surface area contributed by atoms with Gasteiger partial charge in [-0.15, -0.1) is 0 Å². The second-order valence-corrected chi connectivity index (χ2v) is 21.1. The van der Waals surface area contributed by atoms with Gasteiger partial charge in [-0.05, 0) is 101 Å². The van der Waals surface area contributed by atoms with Crippen molar-refractivity contribution in [2.24, 2.45) is 0 Å². The number of nitrogens with zero attached hydrogens (tertiary/aromatic N) is 8. The SMILES string of the molecule is C=C(C)OC(=O)N[C@@H](CSSC[C@H](NC(=O)OC(C)(C)C)C(=O)N1CCn2nc(-c3cccnc3)cc2C1CCc1ccccc1)C(=O)N1CCn2nc(-c3cccnc3)cc2C1CCc1ccccc1. The fourth-order valence-electron chi connectivity index (χ4n) is 8.90. The van der Waals surface area contributed by atoms with Gasteiger partial charge in [-0.3, -0.25) is 28.9 Å². The lowest BCUT2D eigenvalue weighted by atomic mass is 9.98. The molecule has 0 fully saturated rings. The Kier molecular flexibility index (Phi) is 16.6. The summed E-state index contributed by atoms with van der Waals surface area (Å²) in [5.74, 6) is -0.149. The maximum atomic E-state index is 15.0. The summed E-state index contributed by atoms with van der Waals surface area (Å²) in [5.41, 5.74) is 6.49. The average molecular weight is 997 g/mol. The highest BCUT2D eigenvalue weighted by Gasteiger charge is 2.39. The van der Waals surface area contributed by atoms with Crippen molar-refractivity contribution in [1.29, 1.82) is 0 Å². The summed E-state index contributed by atoms with van der Waals surface area (Å²) in [7, 11) is 2.63. The van der Waals surface area contributed by atoms with Crippen LogP contribution in [0.1, 0.15) is 75.1 Å². The zero-order valence-corrected chi connectivity index (χ0v) is 42.1. The molecule has 370 valence electrons. The molecule has 0 radical (unpaired) electrons. The van der Waals surface area contributed by atoms with E-state index >= 15 is 4.79 Å². The first-order chi connectivity index (χ1) is 34.3. The van der Waals surface area contributed by atoms with Crippen molar-refractivity contribution in [2.75, 3.05) is 24.6 Å². The van der Waals surface area contributed by atoms with E-state index in [0.717, 1.165) is 45.0 Å². The van der Waals surface area contributed by atoms with Crippen LogP contribution in [0.3, 0.4) is 0 Å². The second-order valence-electron chi connectivity index (χ2n) is 18.5. The molecule has 2 unspecified atom stereocenters. The third-order valence-corrected chi connectivity index (χ3v) is 14.6. The van der Waals surface area contributed by atoms with Crippen molar-refractivity contribution in [3.63, 3.8) is 0 Å². The van der Waals surface area contributed by atoms with Crippen LogP contribution in [0, 0.1) is 0 Å². The molecule has 0 spiro atoms. The Hall–Kier alpha value is -6.92. The Balaban J connectivity index is 1.03. The van der Waals surface area contributed by atoms with Gasteiger partial charge >= 0.3 is 12.2 Å². The van der Waals surface area contributed by atoms with Crippen molar-refractivity contribution in [3.8, 4) is 22.5 Å². The molecule has 0 saturated carbocycles. The summed E-state index contributed by atoms with van der Waals surface area (Å²) in [6.07, 6.45) is 8.06. The lowest BCUT2D eigenvalue weighted by Gasteiger charge is -2.38. The molecule has 18 heteroatoms. The maximum absolute atomic E-state index is 15.0. The number of ether oxygens (including phenoxy) is 2. The summed E-state index contributed by atoms with van der Waals surface area (Å²) in [5, 5.41) is 15.6. The van der Waals surface area contributed by atoms with Crippen LogP contribution in [0.5, 0.6) is 0 Å². The first-order valence-corrected chi connectivity index (χ1v) is 26.3. The predicted molar refractivity (Wildman–Crippen MR) is 276 cm³/mol. The van der Waals surface area contributed by atoms with Gasteiger partial charge in [0.25, 0.3) is 0 Å². The third kappa shape index (κ3) is 13.3. The van der Waals surface area contributed by atoms with Gasteiger partial charge in [0.15, 0.2) is 0 Å². The van der Waals surface area contributed by atoms with E-state index in [1.807, 2.05) is 92.0 Å². The Morgan fingerprint density at radius 3 is 1.52 bits per heavy atom. The normalized spacial score (nSPS) is 16.2. The van der Waals surface area contributed by atoms with Crippen LogP contribution in [0.2, 0.25) is 0 Å². The minimum absolute atomic E-state index is 0.115. The zero-order chi connectivity index (χ0) is 49.9. The standard InChI is InChI=1S/C53H60N10O6S2/c1-36(2)68-51(66)56-43(49(64)60-26-28-62-47(30-41(58-62)39-18-12-24-54-32-39)45(60)22-20-37-14-8-6-9-15-37)34-70-71-35-44(57-52(67)69-53(3,4)5)50(65)61-27-29-63-48(31-42(59-63)40-19-13-25-55-33-40)46(61)23-21-38-16-10-7-11-17-38/h6-19,24-25,30-33,43-46H,1,20-23,26-29,34-35H2,2-5H3,(H,56,66)(H,57,67)/t43-,44-,45?,46?/m0/s1. The Labute approximate surface area is 422 Å². The third-order valence-electron chi connectivity index (χ3n) is 12.1. The van der Waals surface area contributed by atoms with Crippen LogP contribution < -0.4 is 10.6 Å². The van der Waals surface area contributed by atoms with Crippen LogP contribution in [-0.4, -0.2) is 106 Å². The molecular weight excluding hydrogens is 937 g/mol. The molecule has 0 bridgehead atoms. The molecule has 6 aromatic rings. The molecule has 6 heterocycles. The summed E-state index contributed by atoms with van der Waals surface area (Å²) >= 11 is 0. The Morgan fingerprint density at radius 2 is 1.11 bits per heavy atom. The molecule has 8 rings (SSSR count). The van der Waals surface area contributed by atoms with Crippen LogP contribution >= 0.6 is 21.6 Å². The van der Waals surface area contributed by atoms with E-state index in [-0.39, 0.29) is 41.2 Å². The highest BCUT2D eigenvalue weighted by Crippen LogP contribution is 2.36. The number of aryl methyl sites for hydroxylation is 2. The molecule has 16 nitrogen and oxygen atoms in total. The fraction of sp³-hybridized carbons (Fsp3) is 0.358. The smallest absolute Gasteiger partial charge is 0.412 e. The van der Waals surface area contributed by atoms with Gasteiger partial charge in [0.05, 0.1) is 53.7 Å². The van der Waals surface area contributed by atoms with E-state index in [2.05, 4.69) is 51.4 Å². The van der Waals surface area contributed by atoms with Gasteiger partial charge < -0.3 is 29.9 Å². The number of aromatic nitrogens is 6. The van der Waals surface area contributed by atoms with Gasteiger partial charge in [-0.25, -0.2) is 9.59 Å². The minimum atomic E-state index is -1.03. The van der Waals surface area contributed by atoms with Gasteiger partial charge in [-0.2, -0.15) is 10.2 Å². The topological polar surface area (TPSA) is 179 Å². The molecule has 2 N–H and O–H groups in total. The van der Waals surface area contributed by atoms with Crippen LogP contribution in [0.15, 0.2) is 134 Å². The molecule has 0 saturated heterocycles. The monoisotopic (exact) mass is 996 g/mol. The summed E-state index contributed by atoms with van der Waals surface area (Å²) in [6, 6.07) is 29.2. The number of nitrogens with one attached hydrogen (secondary N) is 2. The molecular formula is C53H60N10O6S2. The summed E-state index contributed by atoms with van der Waals surface area (Å²) in [4.78, 5) is 69.0. The Morgan fingerprint density at radius 1 is 0.662 bits per heavy atom. The van der Waals surface area contributed by atoms with Crippen molar-refractivity contribution in [1.82, 2.24) is 50.0 Å². The summed E-state index contributed by atoms with van der Waals surface area (Å²) in [6.45, 7) is 12.2. The molecule has 71 heavy (non-hydrogen) atoms. The highest BCUT2D eigenvalue weighted by atomic mass is 33.1. The number of carbonyl (C=O) groups excluding carboxylic acids is 4. The van der Waals surface area contributed by atoms with Gasteiger partial charge in [-0.1, -0.05) is 88.8 Å². The first-order valence-electron chi connectivity index (χ1n) is 23.8. The van der Waals surface area contributed by atoms with E-state index < -0.39 is 29.9 Å². The largest absolute Gasteiger partial charge is 0.444 e. The van der Waals surface area contributed by atoms with E-state index in [1.54, 1.807) is 52.5 Å². The van der Waals surface area contributed by atoms with Gasteiger partial charge in [0, 0.05) is 60.5 Å². The van der Waals surface area contributed by atoms with Crippen molar-refractivity contribution in [2.45, 2.75) is 96.2 Å². The number of amides is 4. The van der Waals surface area contributed by atoms with Crippen molar-refractivity contribution in [3.05, 3.63) is 157 Å². The maximum Gasteiger partial charge on any atom is 0.412 e. The number of fused-ring (bicyclic) bond motifs is 2. The van der Waals surface area contributed by atoms with Crippen molar-refractivity contribution < 1.29 is 28.7 Å². The van der Waals surface area contributed by atoms with Crippen LogP contribution in [0.25, 0.3) is 22.5 Å². The zero-order valence-electron chi connectivity index (χ0n) is 40.5. The minimum Gasteiger partial charge on any atom is -0.444 e. The van der Waals surface area contributed by atoms with Gasteiger partial charge in [0.1, 0.15) is 17.7 Å². The number of hydrogen-bond acceptors (Lipinski definition) is 12.